The third kappa shape index (κ3) is 4.85. The molecule has 6 nitrogen and oxygen atoms in total. The second-order valence-corrected chi connectivity index (χ2v) is 7.02. The molecule has 0 radical (unpaired) electrons. The van der Waals surface area contributed by atoms with Gasteiger partial charge in [-0.05, 0) is 57.4 Å². The van der Waals surface area contributed by atoms with Gasteiger partial charge in [0.2, 0.25) is 0 Å². The van der Waals surface area contributed by atoms with E-state index in [2.05, 4.69) is 6.07 Å². The maximum Gasteiger partial charge on any atom is 0.410 e. The van der Waals surface area contributed by atoms with Crippen LogP contribution < -0.4 is 0 Å². The summed E-state index contributed by atoms with van der Waals surface area (Å²) in [6.07, 6.45) is -0.0427. The summed E-state index contributed by atoms with van der Waals surface area (Å²) in [6.45, 7) is 8.08. The predicted octanol–water partition coefficient (Wildman–Crippen LogP) is 3.52. The highest BCUT2D eigenvalue weighted by Crippen LogP contribution is 2.29. The summed E-state index contributed by atoms with van der Waals surface area (Å²) in [5, 5.41) is 9.15. The quantitative estimate of drug-likeness (QED) is 0.774. The van der Waals surface area contributed by atoms with E-state index in [0.29, 0.717) is 29.7 Å². The molecule has 1 aromatic rings. The van der Waals surface area contributed by atoms with Gasteiger partial charge in [-0.15, -0.1) is 0 Å². The highest BCUT2D eigenvalue weighted by atomic mass is 16.6. The number of amides is 1. The number of ether oxygens (including phenoxy) is 2. The second-order valence-electron chi connectivity index (χ2n) is 7.02. The van der Waals surface area contributed by atoms with Gasteiger partial charge in [-0.25, -0.2) is 9.59 Å². The number of nitrogens with zero attached hydrogens (tertiary/aromatic N) is 2. The Morgan fingerprint density at radius 1 is 1.31 bits per heavy atom. The van der Waals surface area contributed by atoms with Gasteiger partial charge in [0, 0.05) is 12.1 Å². The topological polar surface area (TPSA) is 79.6 Å². The van der Waals surface area contributed by atoms with Crippen LogP contribution in [0.15, 0.2) is 29.8 Å². The Labute approximate surface area is 154 Å². The summed E-state index contributed by atoms with van der Waals surface area (Å²) in [6, 6.07) is 9.10. The minimum atomic E-state index is -0.594. The van der Waals surface area contributed by atoms with Crippen LogP contribution >= 0.6 is 0 Å². The summed E-state index contributed by atoms with van der Waals surface area (Å²) in [4.78, 5) is 26.4. The standard InChI is InChI=1S/C20H24N2O4/c1-5-25-18(23)16-9-10-22(19(24)26-20(2,3)4)13-17(16)15-8-6-7-14(11-15)12-21/h6-8,11H,5,9-10,13H2,1-4H3. The maximum atomic E-state index is 12.4. The first-order chi connectivity index (χ1) is 12.2. The highest BCUT2D eigenvalue weighted by Gasteiger charge is 2.30. The lowest BCUT2D eigenvalue weighted by Gasteiger charge is -2.32. The second kappa shape index (κ2) is 8.05. The van der Waals surface area contributed by atoms with E-state index >= 15 is 0 Å². The number of hydrogen-bond acceptors (Lipinski definition) is 5. The number of carbonyl (C=O) groups excluding carboxylic acids is 2. The van der Waals surface area contributed by atoms with E-state index in [0.717, 1.165) is 5.56 Å². The Hall–Kier alpha value is -2.81. The molecule has 0 unspecified atom stereocenters. The third-order valence-electron chi connectivity index (χ3n) is 3.86. The maximum absolute atomic E-state index is 12.4. The zero-order valence-electron chi connectivity index (χ0n) is 15.7. The minimum Gasteiger partial charge on any atom is -0.463 e. The molecule has 0 saturated carbocycles. The van der Waals surface area contributed by atoms with E-state index < -0.39 is 11.7 Å². The van der Waals surface area contributed by atoms with Crippen molar-refractivity contribution in [3.05, 3.63) is 41.0 Å². The van der Waals surface area contributed by atoms with Crippen LogP contribution in [0.25, 0.3) is 5.57 Å². The number of nitriles is 1. The van der Waals surface area contributed by atoms with Gasteiger partial charge in [0.05, 0.1) is 24.8 Å². The van der Waals surface area contributed by atoms with Crippen molar-refractivity contribution in [1.29, 1.82) is 5.26 Å². The van der Waals surface area contributed by atoms with Crippen LogP contribution in [0, 0.1) is 11.3 Å². The molecule has 0 spiro atoms. The molecule has 0 aromatic heterocycles. The van der Waals surface area contributed by atoms with E-state index in [1.165, 1.54) is 0 Å². The molecule has 1 aromatic carbocycles. The summed E-state index contributed by atoms with van der Waals surface area (Å²) in [5.74, 6) is -0.381. The average Bonchev–Trinajstić information content (AvgIpc) is 2.60. The van der Waals surface area contributed by atoms with Crippen molar-refractivity contribution in [2.45, 2.75) is 39.7 Å². The molecule has 6 heteroatoms. The normalized spacial score (nSPS) is 14.7. The molecule has 1 heterocycles. The van der Waals surface area contributed by atoms with Gasteiger partial charge in [-0.2, -0.15) is 5.26 Å². The summed E-state index contributed by atoms with van der Waals surface area (Å²) in [5.41, 5.74) is 1.87. The molecular weight excluding hydrogens is 332 g/mol. The zero-order valence-corrected chi connectivity index (χ0v) is 15.7. The molecular formula is C20H24N2O4. The molecule has 0 saturated heterocycles. The van der Waals surface area contributed by atoms with Gasteiger partial charge in [0.15, 0.2) is 0 Å². The smallest absolute Gasteiger partial charge is 0.410 e. The zero-order chi connectivity index (χ0) is 19.3. The Balaban J connectivity index is 2.38. The van der Waals surface area contributed by atoms with E-state index in [1.54, 1.807) is 30.0 Å². The number of rotatable bonds is 3. The molecule has 1 aliphatic rings. The van der Waals surface area contributed by atoms with Crippen molar-refractivity contribution in [2.75, 3.05) is 19.7 Å². The summed E-state index contributed by atoms with van der Waals surface area (Å²) in [7, 11) is 0. The van der Waals surface area contributed by atoms with Crippen LogP contribution in [0.2, 0.25) is 0 Å². The van der Waals surface area contributed by atoms with Crippen LogP contribution in [0.4, 0.5) is 4.79 Å². The SMILES string of the molecule is CCOC(=O)C1=C(c2cccc(C#N)c2)CN(C(=O)OC(C)(C)C)CC1. The molecule has 138 valence electrons. The van der Waals surface area contributed by atoms with Gasteiger partial charge in [0.25, 0.3) is 0 Å². The van der Waals surface area contributed by atoms with Gasteiger partial charge >= 0.3 is 12.1 Å². The molecule has 0 bridgehead atoms. The molecule has 1 aliphatic heterocycles. The van der Waals surface area contributed by atoms with Crippen LogP contribution in [-0.4, -0.2) is 42.3 Å². The third-order valence-corrected chi connectivity index (χ3v) is 3.86. The van der Waals surface area contributed by atoms with E-state index in [1.807, 2.05) is 26.8 Å². The lowest BCUT2D eigenvalue weighted by Crippen LogP contribution is -2.41. The van der Waals surface area contributed by atoms with E-state index in [9.17, 15) is 9.59 Å². The van der Waals surface area contributed by atoms with Gasteiger partial charge < -0.3 is 14.4 Å². The number of hydrogen-bond donors (Lipinski definition) is 0. The summed E-state index contributed by atoms with van der Waals surface area (Å²) >= 11 is 0. The van der Waals surface area contributed by atoms with Crippen molar-refractivity contribution in [1.82, 2.24) is 4.90 Å². The van der Waals surface area contributed by atoms with E-state index in [-0.39, 0.29) is 19.1 Å². The molecule has 2 rings (SSSR count). The van der Waals surface area contributed by atoms with Crippen LogP contribution in [0.3, 0.4) is 0 Å². The Kier molecular flexibility index (Phi) is 6.04. The molecule has 0 atom stereocenters. The fraction of sp³-hybridized carbons (Fsp3) is 0.450. The minimum absolute atomic E-state index is 0.234. The fourth-order valence-corrected chi connectivity index (χ4v) is 2.73. The number of carbonyl (C=O) groups is 2. The average molecular weight is 356 g/mol. The van der Waals surface area contributed by atoms with Crippen LogP contribution in [0.5, 0.6) is 0 Å². The summed E-state index contributed by atoms with van der Waals surface area (Å²) < 4.78 is 10.6. The Morgan fingerprint density at radius 2 is 2.04 bits per heavy atom. The van der Waals surface area contributed by atoms with Crippen molar-refractivity contribution in [2.24, 2.45) is 0 Å². The molecule has 0 N–H and O–H groups in total. The van der Waals surface area contributed by atoms with Gasteiger partial charge in [0.1, 0.15) is 5.60 Å². The lowest BCUT2D eigenvalue weighted by atomic mass is 9.93. The molecule has 0 aliphatic carbocycles. The first-order valence-electron chi connectivity index (χ1n) is 8.62. The van der Waals surface area contributed by atoms with Crippen molar-refractivity contribution in [3.8, 4) is 6.07 Å². The van der Waals surface area contributed by atoms with Crippen LogP contribution in [-0.2, 0) is 14.3 Å². The highest BCUT2D eigenvalue weighted by molar-refractivity contribution is 5.99. The van der Waals surface area contributed by atoms with Gasteiger partial charge in [-0.3, -0.25) is 0 Å². The van der Waals surface area contributed by atoms with Crippen molar-refractivity contribution in [3.63, 3.8) is 0 Å². The monoisotopic (exact) mass is 356 g/mol. The van der Waals surface area contributed by atoms with Crippen molar-refractivity contribution >= 4 is 17.6 Å². The largest absolute Gasteiger partial charge is 0.463 e. The molecule has 0 fully saturated rings. The first-order valence-corrected chi connectivity index (χ1v) is 8.62. The lowest BCUT2D eigenvalue weighted by molar-refractivity contribution is -0.138. The molecule has 1 amide bonds. The Morgan fingerprint density at radius 3 is 2.65 bits per heavy atom. The first kappa shape index (κ1) is 19.5. The van der Waals surface area contributed by atoms with Gasteiger partial charge in [-0.1, -0.05) is 12.1 Å². The van der Waals surface area contributed by atoms with E-state index in [4.69, 9.17) is 14.7 Å². The number of benzene rings is 1. The van der Waals surface area contributed by atoms with Crippen molar-refractivity contribution < 1.29 is 19.1 Å². The Bertz CT molecular complexity index is 769. The van der Waals surface area contributed by atoms with Crippen LogP contribution in [0.1, 0.15) is 45.2 Å². The number of esters is 1. The molecule has 26 heavy (non-hydrogen) atoms. The fourth-order valence-electron chi connectivity index (χ4n) is 2.73. The predicted molar refractivity (Wildman–Crippen MR) is 97.1 cm³/mol.